The smallest absolute Gasteiger partial charge is 0.336 e. The number of hydrogen-bond acceptors (Lipinski definition) is 3. The molecule has 20 heavy (non-hydrogen) atoms. The Bertz CT molecular complexity index is 526. The molecular formula is C15H20N2O3. The lowest BCUT2D eigenvalue weighted by Gasteiger charge is -2.31. The van der Waals surface area contributed by atoms with Crippen LogP contribution in [0.25, 0.3) is 0 Å². The lowest BCUT2D eigenvalue weighted by molar-refractivity contribution is -0.120. The van der Waals surface area contributed by atoms with Crippen molar-refractivity contribution < 1.29 is 14.7 Å². The predicted molar refractivity (Wildman–Crippen MR) is 77.2 cm³/mol. The second kappa shape index (κ2) is 5.94. The third-order valence-corrected chi connectivity index (χ3v) is 3.36. The van der Waals surface area contributed by atoms with Crippen molar-refractivity contribution in [1.82, 2.24) is 5.32 Å². The summed E-state index contributed by atoms with van der Waals surface area (Å²) in [5.74, 6) is -0.941. The van der Waals surface area contributed by atoms with Crippen LogP contribution in [-0.2, 0) is 11.2 Å². The molecule has 0 saturated carbocycles. The molecule has 0 saturated heterocycles. The lowest BCUT2D eigenvalue weighted by atomic mass is 9.96. The molecule has 2 rings (SSSR count). The van der Waals surface area contributed by atoms with Gasteiger partial charge in [0, 0.05) is 18.3 Å². The van der Waals surface area contributed by atoms with Crippen molar-refractivity contribution in [2.24, 2.45) is 0 Å². The summed E-state index contributed by atoms with van der Waals surface area (Å²) in [5, 5.41) is 12.1. The maximum atomic E-state index is 11.9. The molecule has 1 amide bonds. The Morgan fingerprint density at radius 3 is 2.80 bits per heavy atom. The Morgan fingerprint density at radius 1 is 1.40 bits per heavy atom. The van der Waals surface area contributed by atoms with Crippen molar-refractivity contribution in [2.75, 3.05) is 18.0 Å². The summed E-state index contributed by atoms with van der Waals surface area (Å²) >= 11 is 0. The first-order chi connectivity index (χ1) is 9.49. The summed E-state index contributed by atoms with van der Waals surface area (Å²) in [6.45, 7) is 4.89. The molecule has 5 nitrogen and oxygen atoms in total. The van der Waals surface area contributed by atoms with Gasteiger partial charge in [0.25, 0.3) is 0 Å². The number of benzene rings is 1. The minimum Gasteiger partial charge on any atom is -0.478 e. The molecule has 2 N–H and O–H groups in total. The van der Waals surface area contributed by atoms with Gasteiger partial charge in [-0.25, -0.2) is 4.79 Å². The molecule has 108 valence electrons. The topological polar surface area (TPSA) is 69.6 Å². The average Bonchev–Trinajstić information content (AvgIpc) is 2.37. The highest BCUT2D eigenvalue weighted by atomic mass is 16.4. The van der Waals surface area contributed by atoms with E-state index in [0.29, 0.717) is 5.56 Å². The monoisotopic (exact) mass is 276 g/mol. The third kappa shape index (κ3) is 3.10. The summed E-state index contributed by atoms with van der Waals surface area (Å²) in [6, 6.07) is 5.36. The lowest BCUT2D eigenvalue weighted by Crippen LogP contribution is -2.42. The second-order valence-corrected chi connectivity index (χ2v) is 5.36. The number of nitrogens with zero attached hydrogens (tertiary/aromatic N) is 1. The third-order valence-electron chi connectivity index (χ3n) is 3.36. The van der Waals surface area contributed by atoms with Crippen molar-refractivity contribution in [3.63, 3.8) is 0 Å². The Balaban J connectivity index is 2.22. The van der Waals surface area contributed by atoms with Crippen molar-refractivity contribution in [3.05, 3.63) is 29.3 Å². The van der Waals surface area contributed by atoms with Crippen LogP contribution in [0.4, 0.5) is 5.69 Å². The van der Waals surface area contributed by atoms with Gasteiger partial charge in [-0.15, -0.1) is 0 Å². The summed E-state index contributed by atoms with van der Waals surface area (Å²) in [5.41, 5.74) is 2.05. The van der Waals surface area contributed by atoms with Crippen LogP contribution in [0.5, 0.6) is 0 Å². The summed E-state index contributed by atoms with van der Waals surface area (Å²) in [4.78, 5) is 25.1. The molecule has 0 atom stereocenters. The van der Waals surface area contributed by atoms with Crippen LogP contribution in [0.15, 0.2) is 18.2 Å². The van der Waals surface area contributed by atoms with Gasteiger partial charge in [-0.3, -0.25) is 4.79 Å². The fourth-order valence-corrected chi connectivity index (χ4v) is 2.61. The van der Waals surface area contributed by atoms with E-state index in [2.05, 4.69) is 5.32 Å². The van der Waals surface area contributed by atoms with E-state index >= 15 is 0 Å². The number of aromatic carboxylic acids is 1. The van der Waals surface area contributed by atoms with Gasteiger partial charge in [-0.2, -0.15) is 0 Å². The van der Waals surface area contributed by atoms with E-state index in [4.69, 9.17) is 0 Å². The second-order valence-electron chi connectivity index (χ2n) is 5.36. The molecule has 0 aromatic heterocycles. The molecule has 0 radical (unpaired) electrons. The van der Waals surface area contributed by atoms with Crippen molar-refractivity contribution in [2.45, 2.75) is 32.7 Å². The number of rotatable bonds is 4. The van der Waals surface area contributed by atoms with Gasteiger partial charge < -0.3 is 15.3 Å². The fraction of sp³-hybridized carbons (Fsp3) is 0.467. The van der Waals surface area contributed by atoms with E-state index in [0.717, 1.165) is 30.6 Å². The van der Waals surface area contributed by atoms with Crippen molar-refractivity contribution in [3.8, 4) is 0 Å². The normalized spacial score (nSPS) is 14.1. The molecule has 5 heteroatoms. The highest BCUT2D eigenvalue weighted by Gasteiger charge is 2.23. The summed E-state index contributed by atoms with van der Waals surface area (Å²) in [6.07, 6.45) is 1.62. The van der Waals surface area contributed by atoms with Crippen LogP contribution in [0.3, 0.4) is 0 Å². The number of amides is 1. The van der Waals surface area contributed by atoms with E-state index in [1.165, 1.54) is 0 Å². The Morgan fingerprint density at radius 2 is 2.15 bits per heavy atom. The molecule has 1 aliphatic heterocycles. The zero-order valence-electron chi connectivity index (χ0n) is 11.8. The Hall–Kier alpha value is -2.04. The minimum atomic E-state index is -0.907. The van der Waals surface area contributed by atoms with Crippen LogP contribution in [0.1, 0.15) is 36.2 Å². The first-order valence-corrected chi connectivity index (χ1v) is 6.88. The minimum absolute atomic E-state index is 0.0337. The van der Waals surface area contributed by atoms with Gasteiger partial charge >= 0.3 is 5.97 Å². The van der Waals surface area contributed by atoms with Gasteiger partial charge in [0.2, 0.25) is 5.91 Å². The zero-order valence-corrected chi connectivity index (χ0v) is 11.8. The summed E-state index contributed by atoms with van der Waals surface area (Å²) < 4.78 is 0. The zero-order chi connectivity index (χ0) is 14.7. The fourth-order valence-electron chi connectivity index (χ4n) is 2.61. The molecule has 1 aromatic carbocycles. The highest BCUT2D eigenvalue weighted by molar-refractivity contribution is 5.92. The Kier molecular flexibility index (Phi) is 4.27. The number of hydrogen-bond donors (Lipinski definition) is 2. The highest BCUT2D eigenvalue weighted by Crippen LogP contribution is 2.29. The predicted octanol–water partition coefficient (Wildman–Crippen LogP) is 1.66. The maximum Gasteiger partial charge on any atom is 0.336 e. The van der Waals surface area contributed by atoms with E-state index < -0.39 is 5.97 Å². The Labute approximate surface area is 118 Å². The number of carboxylic acid groups (broad SMARTS) is 1. The maximum absolute atomic E-state index is 11.9. The van der Waals surface area contributed by atoms with E-state index in [1.807, 2.05) is 24.8 Å². The SMILES string of the molecule is CC(C)NC(=O)CN1CCCc2c(C(=O)O)cccc21. The molecular weight excluding hydrogens is 256 g/mol. The summed E-state index contributed by atoms with van der Waals surface area (Å²) in [7, 11) is 0. The number of fused-ring (bicyclic) bond motifs is 1. The molecule has 0 unspecified atom stereocenters. The van der Waals surface area contributed by atoms with Crippen LogP contribution >= 0.6 is 0 Å². The van der Waals surface area contributed by atoms with E-state index in [1.54, 1.807) is 12.1 Å². The molecule has 1 aliphatic rings. The number of carbonyl (C=O) groups is 2. The number of nitrogens with one attached hydrogen (secondary N) is 1. The van der Waals surface area contributed by atoms with Gasteiger partial charge in [0.15, 0.2) is 0 Å². The average molecular weight is 276 g/mol. The quantitative estimate of drug-likeness (QED) is 0.877. The molecule has 0 spiro atoms. The number of anilines is 1. The molecule has 0 aliphatic carbocycles. The van der Waals surface area contributed by atoms with Crippen LogP contribution in [-0.4, -0.2) is 36.1 Å². The first kappa shape index (κ1) is 14.4. The van der Waals surface area contributed by atoms with Crippen molar-refractivity contribution in [1.29, 1.82) is 0 Å². The van der Waals surface area contributed by atoms with Gasteiger partial charge in [0.1, 0.15) is 0 Å². The largest absolute Gasteiger partial charge is 0.478 e. The number of carbonyl (C=O) groups excluding carboxylic acids is 1. The molecule has 1 heterocycles. The van der Waals surface area contributed by atoms with Crippen LogP contribution in [0, 0.1) is 0 Å². The standard InChI is InChI=1S/C15H20N2O3/c1-10(2)16-14(18)9-17-8-4-6-11-12(15(19)20)5-3-7-13(11)17/h3,5,7,10H,4,6,8-9H2,1-2H3,(H,16,18)(H,19,20). The first-order valence-electron chi connectivity index (χ1n) is 6.88. The van der Waals surface area contributed by atoms with E-state index in [9.17, 15) is 14.7 Å². The van der Waals surface area contributed by atoms with Gasteiger partial charge in [-0.1, -0.05) is 6.07 Å². The van der Waals surface area contributed by atoms with Gasteiger partial charge in [0.05, 0.1) is 12.1 Å². The van der Waals surface area contributed by atoms with Crippen LogP contribution < -0.4 is 10.2 Å². The molecule has 1 aromatic rings. The number of carboxylic acids is 1. The molecule has 0 fully saturated rings. The molecule has 0 bridgehead atoms. The van der Waals surface area contributed by atoms with Gasteiger partial charge in [-0.05, 0) is 44.4 Å². The van der Waals surface area contributed by atoms with Crippen molar-refractivity contribution >= 4 is 17.6 Å². The van der Waals surface area contributed by atoms with E-state index in [-0.39, 0.29) is 18.5 Å². The van der Waals surface area contributed by atoms with Crippen LogP contribution in [0.2, 0.25) is 0 Å².